The Morgan fingerprint density at radius 3 is 3.14 bits per heavy atom. The minimum Gasteiger partial charge on any atom is -0.376 e. The predicted molar refractivity (Wildman–Crippen MR) is 83.9 cm³/mol. The Labute approximate surface area is 129 Å². The Kier molecular flexibility index (Phi) is 5.17. The summed E-state index contributed by atoms with van der Waals surface area (Å²) in [6, 6.07) is 8.11. The van der Waals surface area contributed by atoms with E-state index in [4.69, 9.17) is 9.47 Å². The summed E-state index contributed by atoms with van der Waals surface area (Å²) in [6.45, 7) is 2.25. The summed E-state index contributed by atoms with van der Waals surface area (Å²) >= 11 is 1.82. The van der Waals surface area contributed by atoms with Crippen molar-refractivity contribution >= 4 is 23.4 Å². The number of carbonyl (C=O) groups excluding carboxylic acids is 1. The zero-order chi connectivity index (χ0) is 14.5. The van der Waals surface area contributed by atoms with Crippen LogP contribution in [-0.2, 0) is 14.3 Å². The number of anilines is 1. The highest BCUT2D eigenvalue weighted by atomic mass is 32.2. The molecule has 114 valence electrons. The van der Waals surface area contributed by atoms with Crippen LogP contribution in [0.1, 0.15) is 19.3 Å². The fourth-order valence-corrected chi connectivity index (χ4v) is 3.71. The molecule has 1 saturated heterocycles. The lowest BCUT2D eigenvalue weighted by Gasteiger charge is -2.22. The van der Waals surface area contributed by atoms with Gasteiger partial charge in [-0.05, 0) is 37.1 Å². The van der Waals surface area contributed by atoms with Gasteiger partial charge < -0.3 is 14.4 Å². The largest absolute Gasteiger partial charge is 0.376 e. The minimum atomic E-state index is 0.0444. The van der Waals surface area contributed by atoms with Gasteiger partial charge in [-0.3, -0.25) is 4.79 Å². The molecule has 1 unspecified atom stereocenters. The molecule has 1 amide bonds. The van der Waals surface area contributed by atoms with Crippen LogP contribution in [0.3, 0.4) is 0 Å². The fraction of sp³-hybridized carbons (Fsp3) is 0.562. The fourth-order valence-electron chi connectivity index (χ4n) is 2.72. The van der Waals surface area contributed by atoms with Crippen LogP contribution in [0.5, 0.6) is 0 Å². The quantitative estimate of drug-likeness (QED) is 0.857. The van der Waals surface area contributed by atoms with Gasteiger partial charge in [0.25, 0.3) is 5.91 Å². The maximum atomic E-state index is 12.4. The summed E-state index contributed by atoms with van der Waals surface area (Å²) in [6.07, 6.45) is 3.32. The number of nitrogens with zero attached hydrogens (tertiary/aromatic N) is 1. The summed E-state index contributed by atoms with van der Waals surface area (Å²) in [4.78, 5) is 15.5. The van der Waals surface area contributed by atoms with Gasteiger partial charge >= 0.3 is 0 Å². The number of amides is 1. The molecular weight excluding hydrogens is 286 g/mol. The predicted octanol–water partition coefficient (Wildman–Crippen LogP) is 2.71. The number of fused-ring (bicyclic) bond motifs is 1. The molecule has 1 aromatic carbocycles. The van der Waals surface area contributed by atoms with Crippen LogP contribution in [-0.4, -0.2) is 44.1 Å². The third kappa shape index (κ3) is 3.78. The number of hydrogen-bond donors (Lipinski definition) is 0. The van der Waals surface area contributed by atoms with E-state index in [1.54, 1.807) is 0 Å². The number of hydrogen-bond acceptors (Lipinski definition) is 4. The van der Waals surface area contributed by atoms with Crippen LogP contribution in [0, 0.1) is 0 Å². The molecule has 21 heavy (non-hydrogen) atoms. The van der Waals surface area contributed by atoms with Crippen molar-refractivity contribution in [3.63, 3.8) is 0 Å². The molecule has 4 nitrogen and oxygen atoms in total. The molecule has 2 aliphatic heterocycles. The molecule has 0 radical (unpaired) electrons. The van der Waals surface area contributed by atoms with Crippen LogP contribution >= 0.6 is 11.8 Å². The summed E-state index contributed by atoms with van der Waals surface area (Å²) < 4.78 is 11.1. The molecule has 0 aliphatic carbocycles. The molecule has 1 aromatic rings. The van der Waals surface area contributed by atoms with Gasteiger partial charge in [0.2, 0.25) is 0 Å². The van der Waals surface area contributed by atoms with Crippen molar-refractivity contribution in [2.75, 3.05) is 37.0 Å². The first kappa shape index (κ1) is 14.9. The van der Waals surface area contributed by atoms with Crippen LogP contribution in [0.15, 0.2) is 29.2 Å². The molecule has 0 saturated carbocycles. The molecule has 0 bridgehead atoms. The van der Waals surface area contributed by atoms with Crippen molar-refractivity contribution in [3.8, 4) is 0 Å². The van der Waals surface area contributed by atoms with Crippen molar-refractivity contribution < 1.29 is 14.3 Å². The van der Waals surface area contributed by atoms with Gasteiger partial charge in [0, 0.05) is 18.0 Å². The lowest BCUT2D eigenvalue weighted by molar-refractivity contribution is -0.124. The zero-order valence-corrected chi connectivity index (χ0v) is 12.9. The Morgan fingerprint density at radius 1 is 1.38 bits per heavy atom. The maximum absolute atomic E-state index is 12.4. The van der Waals surface area contributed by atoms with Crippen molar-refractivity contribution in [3.05, 3.63) is 24.3 Å². The molecule has 2 heterocycles. The van der Waals surface area contributed by atoms with E-state index in [0.29, 0.717) is 6.61 Å². The first-order chi connectivity index (χ1) is 10.3. The molecular formula is C16H21NO3S. The van der Waals surface area contributed by atoms with Crippen molar-refractivity contribution in [2.45, 2.75) is 30.3 Å². The molecule has 3 rings (SSSR count). The Hall–Kier alpha value is -1.04. The number of benzene rings is 1. The smallest absolute Gasteiger partial charge is 0.253 e. The molecule has 0 aromatic heterocycles. The van der Waals surface area contributed by atoms with E-state index >= 15 is 0 Å². The topological polar surface area (TPSA) is 38.8 Å². The Morgan fingerprint density at radius 2 is 2.29 bits per heavy atom. The van der Waals surface area contributed by atoms with Crippen LogP contribution in [0.25, 0.3) is 0 Å². The second kappa shape index (κ2) is 7.29. The van der Waals surface area contributed by atoms with Gasteiger partial charge in [0.1, 0.15) is 6.61 Å². The van der Waals surface area contributed by atoms with Crippen LogP contribution < -0.4 is 4.90 Å². The van der Waals surface area contributed by atoms with Gasteiger partial charge in [0.15, 0.2) is 0 Å². The van der Waals surface area contributed by atoms with E-state index in [-0.39, 0.29) is 18.6 Å². The standard InChI is InChI=1S/C16H21NO3S/c18-16(12-19-11-13-5-3-9-20-13)17-8-4-10-21-15-7-2-1-6-14(15)17/h1-2,6-7,13H,3-5,8-12H2. The highest BCUT2D eigenvalue weighted by molar-refractivity contribution is 7.99. The van der Waals surface area contributed by atoms with E-state index in [2.05, 4.69) is 6.07 Å². The highest BCUT2D eigenvalue weighted by Crippen LogP contribution is 2.33. The molecule has 1 atom stereocenters. The van der Waals surface area contributed by atoms with E-state index in [0.717, 1.165) is 43.9 Å². The van der Waals surface area contributed by atoms with E-state index in [9.17, 15) is 4.79 Å². The monoisotopic (exact) mass is 307 g/mol. The molecule has 5 heteroatoms. The average molecular weight is 307 g/mol. The number of rotatable bonds is 4. The van der Waals surface area contributed by atoms with E-state index in [1.165, 1.54) is 4.90 Å². The van der Waals surface area contributed by atoms with Gasteiger partial charge in [0.05, 0.1) is 18.4 Å². The van der Waals surface area contributed by atoms with Crippen molar-refractivity contribution in [1.29, 1.82) is 0 Å². The normalized spacial score (nSPS) is 21.9. The van der Waals surface area contributed by atoms with Crippen LogP contribution in [0.2, 0.25) is 0 Å². The number of para-hydroxylation sites is 1. The second-order valence-electron chi connectivity index (χ2n) is 5.37. The second-order valence-corrected chi connectivity index (χ2v) is 6.50. The van der Waals surface area contributed by atoms with E-state index in [1.807, 2.05) is 34.9 Å². The summed E-state index contributed by atoms with van der Waals surface area (Å²) in [5.41, 5.74) is 1.02. The Bertz CT molecular complexity index is 488. The molecule has 0 N–H and O–H groups in total. The van der Waals surface area contributed by atoms with Crippen molar-refractivity contribution in [1.82, 2.24) is 0 Å². The number of carbonyl (C=O) groups is 1. The lowest BCUT2D eigenvalue weighted by Crippen LogP contribution is -2.35. The maximum Gasteiger partial charge on any atom is 0.253 e. The number of ether oxygens (including phenoxy) is 2. The van der Waals surface area contributed by atoms with Gasteiger partial charge in [-0.1, -0.05) is 12.1 Å². The highest BCUT2D eigenvalue weighted by Gasteiger charge is 2.22. The number of thioether (sulfide) groups is 1. The summed E-state index contributed by atoms with van der Waals surface area (Å²) in [5, 5.41) is 0. The third-order valence-electron chi connectivity index (χ3n) is 3.79. The van der Waals surface area contributed by atoms with Crippen LogP contribution in [0.4, 0.5) is 5.69 Å². The van der Waals surface area contributed by atoms with Gasteiger partial charge in [-0.2, -0.15) is 0 Å². The van der Waals surface area contributed by atoms with Crippen molar-refractivity contribution in [2.24, 2.45) is 0 Å². The average Bonchev–Trinajstić information content (AvgIpc) is 2.92. The first-order valence-electron chi connectivity index (χ1n) is 7.56. The lowest BCUT2D eigenvalue weighted by atomic mass is 10.2. The summed E-state index contributed by atoms with van der Waals surface area (Å²) in [5.74, 6) is 1.10. The molecule has 0 spiro atoms. The Balaban J connectivity index is 1.58. The summed E-state index contributed by atoms with van der Waals surface area (Å²) in [7, 11) is 0. The molecule has 1 fully saturated rings. The third-order valence-corrected chi connectivity index (χ3v) is 4.94. The first-order valence-corrected chi connectivity index (χ1v) is 8.55. The van der Waals surface area contributed by atoms with Gasteiger partial charge in [-0.15, -0.1) is 11.8 Å². The zero-order valence-electron chi connectivity index (χ0n) is 12.1. The van der Waals surface area contributed by atoms with E-state index < -0.39 is 0 Å². The minimum absolute atomic E-state index is 0.0444. The molecule has 2 aliphatic rings. The van der Waals surface area contributed by atoms with Gasteiger partial charge in [-0.25, -0.2) is 0 Å². The SMILES string of the molecule is O=C(COCC1CCCO1)N1CCCSc2ccccc21.